The number of imide groups is 1. The van der Waals surface area contributed by atoms with E-state index in [0.29, 0.717) is 47.8 Å². The summed E-state index contributed by atoms with van der Waals surface area (Å²) in [5.74, 6) is 1.23. The summed E-state index contributed by atoms with van der Waals surface area (Å²) in [6.07, 6.45) is 13.9. The van der Waals surface area contributed by atoms with E-state index in [1.807, 2.05) is 24.3 Å². The van der Waals surface area contributed by atoms with Crippen molar-refractivity contribution in [2.75, 3.05) is 84.3 Å². The Hall–Kier alpha value is -6.00. The molecule has 1 spiro atoms. The largest absolute Gasteiger partial charge is 0.507 e. The molecule has 6 aliphatic heterocycles. The zero-order valence-electron chi connectivity index (χ0n) is 37.3. The second-order valence-corrected chi connectivity index (χ2v) is 20.0. The molecule has 12 rings (SSSR count). The summed E-state index contributed by atoms with van der Waals surface area (Å²) >= 11 is 0. The Morgan fingerprint density at radius 1 is 0.848 bits per heavy atom. The van der Waals surface area contributed by atoms with E-state index in [9.17, 15) is 14.7 Å². The first-order chi connectivity index (χ1) is 32.1. The Morgan fingerprint density at radius 2 is 1.64 bits per heavy atom. The third kappa shape index (κ3) is 7.55. The molecule has 2 bridgehead atoms. The van der Waals surface area contributed by atoms with Crippen LogP contribution in [0, 0.1) is 11.7 Å². The zero-order chi connectivity index (χ0) is 44.7. The molecule has 7 fully saturated rings. The number of nitrogens with zero attached hydrogens (tertiary/aromatic N) is 9. The van der Waals surface area contributed by atoms with Crippen LogP contribution in [0.25, 0.3) is 22.3 Å². The number of carbonyl (C=O) groups excluding carboxylic acids is 2. The Morgan fingerprint density at radius 3 is 2.39 bits per heavy atom. The SMILES string of the molecule is Nc1nnc(-c2ccccc2O)cc1N1CC2CCC(C1)N2c1ccc(F)c(N2CCC(CN3CCC4(CC3)C[C@H](n3cc(C5CC5)c5cc(N6CCC(=O)NC6=O)cnc53)CO4)CC2)c1. The molecule has 15 nitrogen and oxygen atoms in total. The van der Waals surface area contributed by atoms with Gasteiger partial charge in [0.15, 0.2) is 5.82 Å². The number of phenols is 1. The van der Waals surface area contributed by atoms with E-state index in [1.54, 1.807) is 29.3 Å². The summed E-state index contributed by atoms with van der Waals surface area (Å²) in [5, 5.41) is 22.6. The first kappa shape index (κ1) is 41.4. The van der Waals surface area contributed by atoms with Crippen LogP contribution in [-0.2, 0) is 9.53 Å². The van der Waals surface area contributed by atoms with Crippen molar-refractivity contribution < 1.29 is 23.8 Å². The number of aromatic hydroxyl groups is 1. The number of phenolic OH excluding ortho intramolecular Hbond substituents is 1. The number of likely N-dealkylation sites (tertiary alicyclic amines) is 1. The molecule has 0 radical (unpaired) electrons. The normalized spacial score (nSPS) is 24.8. The molecule has 9 heterocycles. The highest BCUT2D eigenvalue weighted by Crippen LogP contribution is 2.48. The lowest BCUT2D eigenvalue weighted by Crippen LogP contribution is -2.54. The number of fused-ring (bicyclic) bond motifs is 3. The predicted molar refractivity (Wildman–Crippen MR) is 252 cm³/mol. The van der Waals surface area contributed by atoms with Gasteiger partial charge in [-0.3, -0.25) is 15.0 Å². The summed E-state index contributed by atoms with van der Waals surface area (Å²) < 4.78 is 24.8. The second-order valence-electron chi connectivity index (χ2n) is 20.0. The van der Waals surface area contributed by atoms with Crippen molar-refractivity contribution in [3.63, 3.8) is 0 Å². The number of nitrogens with two attached hydrogens (primary N) is 1. The lowest BCUT2D eigenvalue weighted by molar-refractivity contribution is -0.120. The smallest absolute Gasteiger partial charge is 0.328 e. The van der Waals surface area contributed by atoms with E-state index in [4.69, 9.17) is 15.5 Å². The van der Waals surface area contributed by atoms with Crippen LogP contribution in [-0.4, -0.2) is 118 Å². The molecule has 344 valence electrons. The molecule has 4 N–H and O–H groups in total. The Kier molecular flexibility index (Phi) is 10.3. The highest BCUT2D eigenvalue weighted by Gasteiger charge is 2.45. The van der Waals surface area contributed by atoms with Crippen LogP contribution < -0.4 is 30.7 Å². The van der Waals surface area contributed by atoms with Gasteiger partial charge in [-0.1, -0.05) is 12.1 Å². The number of rotatable bonds is 9. The molecule has 6 saturated heterocycles. The van der Waals surface area contributed by atoms with Crippen molar-refractivity contribution in [3.05, 3.63) is 78.4 Å². The second kappa shape index (κ2) is 16.4. The van der Waals surface area contributed by atoms with Crippen LogP contribution in [0.1, 0.15) is 81.7 Å². The molecule has 2 unspecified atom stereocenters. The highest BCUT2D eigenvalue weighted by atomic mass is 19.1. The summed E-state index contributed by atoms with van der Waals surface area (Å²) in [4.78, 5) is 40.7. The number of piperazine rings is 1. The average molecular weight is 896 g/mol. The number of carbonyl (C=O) groups is 2. The summed E-state index contributed by atoms with van der Waals surface area (Å²) in [6, 6.07) is 17.2. The fourth-order valence-electron chi connectivity index (χ4n) is 12.2. The van der Waals surface area contributed by atoms with Crippen molar-refractivity contribution in [1.29, 1.82) is 0 Å². The number of halogens is 1. The molecule has 2 aromatic carbocycles. The summed E-state index contributed by atoms with van der Waals surface area (Å²) in [7, 11) is 0. The molecule has 5 aromatic rings. The maximum atomic E-state index is 15.7. The highest BCUT2D eigenvalue weighted by molar-refractivity contribution is 6.06. The number of nitrogens with one attached hydrogen (secondary N) is 1. The number of urea groups is 1. The monoisotopic (exact) mass is 895 g/mol. The number of pyridine rings is 1. The number of amides is 3. The summed E-state index contributed by atoms with van der Waals surface area (Å²) in [6.45, 7) is 7.36. The number of hydrogen-bond donors (Lipinski definition) is 3. The van der Waals surface area contributed by atoms with Crippen molar-refractivity contribution in [2.45, 2.75) is 93.9 Å². The van der Waals surface area contributed by atoms with Gasteiger partial charge in [-0.15, -0.1) is 10.2 Å². The van der Waals surface area contributed by atoms with E-state index in [1.165, 1.54) is 18.4 Å². The Labute approximate surface area is 383 Å². The number of anilines is 5. The van der Waals surface area contributed by atoms with Crippen molar-refractivity contribution in [3.8, 4) is 17.0 Å². The van der Waals surface area contributed by atoms with E-state index in [-0.39, 0.29) is 53.7 Å². The fraction of sp³-hybridized carbons (Fsp3) is 0.500. The van der Waals surface area contributed by atoms with Gasteiger partial charge in [0.1, 0.15) is 17.2 Å². The number of aromatic nitrogens is 4. The molecule has 66 heavy (non-hydrogen) atoms. The number of ether oxygens (including phenoxy) is 1. The van der Waals surface area contributed by atoms with Crippen LogP contribution in [0.4, 0.5) is 37.8 Å². The molecule has 3 aromatic heterocycles. The lowest BCUT2D eigenvalue weighted by Gasteiger charge is -2.44. The van der Waals surface area contributed by atoms with Crippen molar-refractivity contribution in [2.24, 2.45) is 5.92 Å². The maximum absolute atomic E-state index is 15.7. The van der Waals surface area contributed by atoms with E-state index < -0.39 is 0 Å². The van der Waals surface area contributed by atoms with Gasteiger partial charge in [0, 0.05) is 93.7 Å². The topological polar surface area (TPSA) is 161 Å². The van der Waals surface area contributed by atoms with Gasteiger partial charge in [-0.25, -0.2) is 14.2 Å². The van der Waals surface area contributed by atoms with Crippen LogP contribution in [0.3, 0.4) is 0 Å². The van der Waals surface area contributed by atoms with Gasteiger partial charge in [-0.2, -0.15) is 0 Å². The van der Waals surface area contributed by atoms with Gasteiger partial charge in [0.05, 0.1) is 47.2 Å². The minimum Gasteiger partial charge on any atom is -0.507 e. The fourth-order valence-corrected chi connectivity index (χ4v) is 12.2. The number of piperidine rings is 2. The third-order valence-electron chi connectivity index (χ3n) is 15.9. The number of para-hydroxylation sites is 1. The number of benzene rings is 2. The predicted octanol–water partition coefficient (Wildman–Crippen LogP) is 6.81. The number of hydrogen-bond acceptors (Lipinski definition) is 12. The lowest BCUT2D eigenvalue weighted by atomic mass is 9.86. The van der Waals surface area contributed by atoms with Gasteiger partial charge in [-0.05, 0) is 118 Å². The molecule has 1 aliphatic carbocycles. The van der Waals surface area contributed by atoms with Crippen molar-refractivity contribution in [1.82, 2.24) is 30.0 Å². The molecule has 3 amide bonds. The standard InChI is InChI=1S/C50H58FN11O4/c51-41-10-9-33(62-34-7-8-35(62)28-59(27-34)44-23-42(55-56-47(44)52)38-3-1-2-4-45(38)63)22-43(41)58-16-11-31(12-17-58)26-57-19-14-50(15-20-57)24-37(30-66-50)61-29-40(32-5-6-32)39-21-36(25-53-48(39)61)60-18-13-46(64)54-49(60)65/h1-4,9-10,21-23,25,29,31-32,34-35,37,63H,5-8,11-20,24,26-28,30H2,(H2,52,56)(H,54,64,65)/t34?,35?,37-/m0/s1. The van der Waals surface area contributed by atoms with Crippen LogP contribution in [0.15, 0.2) is 67.0 Å². The van der Waals surface area contributed by atoms with Crippen LogP contribution in [0.5, 0.6) is 5.75 Å². The summed E-state index contributed by atoms with van der Waals surface area (Å²) in [5.41, 5.74) is 13.1. The third-order valence-corrected chi connectivity index (χ3v) is 15.9. The molecular formula is C50H58FN11O4. The Balaban J connectivity index is 0.653. The molecule has 7 aliphatic rings. The number of nitrogen functional groups attached to an aromatic ring is 1. The van der Waals surface area contributed by atoms with Gasteiger partial charge in [0.25, 0.3) is 0 Å². The quantitative estimate of drug-likeness (QED) is 0.142. The zero-order valence-corrected chi connectivity index (χ0v) is 37.3. The minimum atomic E-state index is -0.385. The van der Waals surface area contributed by atoms with Crippen LogP contribution >= 0.6 is 0 Å². The van der Waals surface area contributed by atoms with Crippen molar-refractivity contribution >= 4 is 51.5 Å². The first-order valence-electron chi connectivity index (χ1n) is 24.1. The Bertz CT molecular complexity index is 2680. The minimum absolute atomic E-state index is 0.131. The first-order valence-corrected chi connectivity index (χ1v) is 24.1. The van der Waals surface area contributed by atoms with Gasteiger partial charge in [0.2, 0.25) is 5.91 Å². The molecule has 1 saturated carbocycles. The van der Waals surface area contributed by atoms with E-state index in [2.05, 4.69) is 58.0 Å². The molecule has 16 heteroatoms. The van der Waals surface area contributed by atoms with Gasteiger partial charge < -0.3 is 39.7 Å². The molecular weight excluding hydrogens is 838 g/mol. The van der Waals surface area contributed by atoms with Crippen LogP contribution in [0.2, 0.25) is 0 Å². The molecule has 3 atom stereocenters. The van der Waals surface area contributed by atoms with Gasteiger partial charge >= 0.3 is 6.03 Å². The maximum Gasteiger partial charge on any atom is 0.328 e. The van der Waals surface area contributed by atoms with E-state index in [0.717, 1.165) is 119 Å². The average Bonchev–Trinajstić information content (AvgIpc) is 3.90. The van der Waals surface area contributed by atoms with E-state index >= 15 is 4.39 Å².